The fourth-order valence-corrected chi connectivity index (χ4v) is 5.62. The van der Waals surface area contributed by atoms with Gasteiger partial charge in [0.25, 0.3) is 0 Å². The summed E-state index contributed by atoms with van der Waals surface area (Å²) in [5, 5.41) is 32.6. The number of aromatic hydroxyl groups is 1. The second kappa shape index (κ2) is 11.1. The molecule has 12 heteroatoms. The topological polar surface area (TPSA) is 140 Å². The lowest BCUT2D eigenvalue weighted by Gasteiger charge is -2.48. The van der Waals surface area contributed by atoms with Gasteiger partial charge in [-0.1, -0.05) is 11.6 Å². The van der Waals surface area contributed by atoms with E-state index >= 15 is 0 Å². The first kappa shape index (κ1) is 27.0. The van der Waals surface area contributed by atoms with Crippen molar-refractivity contribution < 1.29 is 23.7 Å². The molecule has 1 fully saturated rings. The van der Waals surface area contributed by atoms with Crippen LogP contribution in [0.4, 0.5) is 5.95 Å². The van der Waals surface area contributed by atoms with Crippen molar-refractivity contribution >= 4 is 33.6 Å². The number of rotatable bonds is 7. The number of hydrogen-bond donors (Lipinski definition) is 3. The molecule has 1 aliphatic rings. The number of hydrogen-bond acceptors (Lipinski definition) is 9. The number of piperazine rings is 1. The Labute approximate surface area is 220 Å². The van der Waals surface area contributed by atoms with E-state index in [0.29, 0.717) is 5.02 Å². The van der Waals surface area contributed by atoms with Crippen molar-refractivity contribution in [1.29, 1.82) is 0 Å². The molecule has 0 spiro atoms. The zero-order chi connectivity index (χ0) is 26.7. The van der Waals surface area contributed by atoms with Crippen LogP contribution in [0.1, 0.15) is 19.4 Å². The molecule has 3 heterocycles. The number of benzene rings is 1. The molecule has 4 atom stereocenters. The molecule has 1 saturated heterocycles. The Morgan fingerprint density at radius 3 is 2.14 bits per heavy atom. The molecule has 10 nitrogen and oxygen atoms in total. The maximum absolute atomic E-state index is 13.2. The maximum atomic E-state index is 13.2. The second-order valence-corrected chi connectivity index (χ2v) is 11.2. The minimum Gasteiger partial charge on any atom is -0.507 e. The predicted octanol–water partition coefficient (Wildman–Crippen LogP) is 2.52. The number of halogens is 1. The van der Waals surface area contributed by atoms with Crippen molar-refractivity contribution in [2.45, 2.75) is 38.1 Å². The Bertz CT molecular complexity index is 1340. The molecular weight excluding hydrogens is 518 g/mol. The molecule has 37 heavy (non-hydrogen) atoms. The van der Waals surface area contributed by atoms with Gasteiger partial charge in [0.2, 0.25) is 16.0 Å². The number of nitrogens with zero attached hydrogens (tertiary/aromatic N) is 5. The van der Waals surface area contributed by atoms with E-state index in [0.717, 1.165) is 16.5 Å². The van der Waals surface area contributed by atoms with E-state index in [1.54, 1.807) is 49.6 Å². The summed E-state index contributed by atoms with van der Waals surface area (Å²) in [5.74, 6) is 0.119. The van der Waals surface area contributed by atoms with Gasteiger partial charge in [-0.15, -0.1) is 0 Å². The van der Waals surface area contributed by atoms with Crippen LogP contribution in [-0.4, -0.2) is 80.4 Å². The van der Waals surface area contributed by atoms with Gasteiger partial charge in [0.1, 0.15) is 5.75 Å². The third-order valence-corrected chi connectivity index (χ3v) is 8.00. The predicted molar refractivity (Wildman–Crippen MR) is 141 cm³/mol. The average molecular weight is 546 g/mol. The van der Waals surface area contributed by atoms with Crippen molar-refractivity contribution in [3.8, 4) is 16.9 Å². The number of aromatic nitrogens is 3. The molecule has 3 N–H and O–H groups in total. The number of anilines is 1. The molecule has 0 aliphatic carbocycles. The number of aliphatic hydroxyl groups is 2. The Morgan fingerprint density at radius 1 is 1.00 bits per heavy atom. The van der Waals surface area contributed by atoms with Crippen molar-refractivity contribution in [3.63, 3.8) is 0 Å². The maximum Gasteiger partial charge on any atom is 0.236 e. The molecule has 0 radical (unpaired) electrons. The molecular formula is C25H28ClN5O5S. The van der Waals surface area contributed by atoms with Gasteiger partial charge < -0.3 is 20.2 Å². The number of phenolic OH excluding ortho intramolecular Hbond substituents is 1. The number of aliphatic hydroxyl groups excluding tert-OH is 2. The second-order valence-electron chi connectivity index (χ2n) is 8.90. The number of sulfonamides is 1. The summed E-state index contributed by atoms with van der Waals surface area (Å²) in [6.45, 7) is 2.99. The van der Waals surface area contributed by atoms with Crippen LogP contribution in [-0.2, 0) is 10.0 Å². The Morgan fingerprint density at radius 2 is 1.59 bits per heavy atom. The van der Waals surface area contributed by atoms with Crippen LogP contribution in [0, 0.1) is 0 Å². The third kappa shape index (κ3) is 6.08. The zero-order valence-corrected chi connectivity index (χ0v) is 21.8. The lowest BCUT2D eigenvalue weighted by Crippen LogP contribution is -2.66. The number of pyridine rings is 1. The summed E-state index contributed by atoms with van der Waals surface area (Å²) in [6, 6.07) is 6.57. The molecule has 0 amide bonds. The van der Waals surface area contributed by atoms with E-state index in [4.69, 9.17) is 11.6 Å². The van der Waals surface area contributed by atoms with Crippen LogP contribution < -0.4 is 4.90 Å². The molecule has 196 valence electrons. The minimum atomic E-state index is -3.98. The average Bonchev–Trinajstić information content (AvgIpc) is 2.88. The van der Waals surface area contributed by atoms with E-state index in [1.807, 2.05) is 12.1 Å². The van der Waals surface area contributed by atoms with Crippen molar-refractivity contribution in [1.82, 2.24) is 19.3 Å². The molecule has 3 aromatic rings. The van der Waals surface area contributed by atoms with E-state index in [1.165, 1.54) is 22.5 Å². The van der Waals surface area contributed by atoms with Crippen LogP contribution in [0.25, 0.3) is 17.2 Å². The van der Waals surface area contributed by atoms with Crippen molar-refractivity contribution in [2.24, 2.45) is 0 Å². The SMILES string of the molecule is CC(O)C1CN(S(=O)(=O)/C=C/c2ccc(Cl)cc2O)CC(C(C)O)N1c1ncc(-c2ccncc2)cn1. The van der Waals surface area contributed by atoms with Gasteiger partial charge in [-0.2, -0.15) is 4.31 Å². The molecule has 1 aromatic carbocycles. The van der Waals surface area contributed by atoms with Gasteiger partial charge in [-0.05, 0) is 55.8 Å². The van der Waals surface area contributed by atoms with Crippen LogP contribution in [0.3, 0.4) is 0 Å². The van der Waals surface area contributed by atoms with E-state index in [-0.39, 0.29) is 30.4 Å². The first-order chi connectivity index (χ1) is 17.6. The number of phenols is 1. The fraction of sp³-hybridized carbons (Fsp3) is 0.320. The van der Waals surface area contributed by atoms with E-state index < -0.39 is 34.3 Å². The lowest BCUT2D eigenvalue weighted by molar-refractivity contribution is 0.0814. The van der Waals surface area contributed by atoms with Gasteiger partial charge in [-0.3, -0.25) is 4.98 Å². The highest BCUT2D eigenvalue weighted by Gasteiger charge is 2.43. The third-order valence-electron chi connectivity index (χ3n) is 6.26. The fourth-order valence-electron chi connectivity index (χ4n) is 4.24. The monoisotopic (exact) mass is 545 g/mol. The van der Waals surface area contributed by atoms with Gasteiger partial charge >= 0.3 is 0 Å². The normalized spacial score (nSPS) is 20.7. The first-order valence-corrected chi connectivity index (χ1v) is 13.5. The summed E-state index contributed by atoms with van der Waals surface area (Å²) < 4.78 is 27.7. The smallest absolute Gasteiger partial charge is 0.236 e. The van der Waals surface area contributed by atoms with Gasteiger partial charge in [0, 0.05) is 59.4 Å². The standard InChI is InChI=1S/C25H28ClN5O5S/c1-16(32)22-14-30(37(35,36)10-7-19-3-4-21(26)11-24(19)34)15-23(17(2)33)31(22)25-28-12-20(13-29-25)18-5-8-27-9-6-18/h3-13,16-17,22-23,32-34H,14-15H2,1-2H3/b10-7+. The molecule has 0 bridgehead atoms. The highest BCUT2D eigenvalue weighted by Crippen LogP contribution is 2.29. The van der Waals surface area contributed by atoms with Crippen molar-refractivity contribution in [2.75, 3.05) is 18.0 Å². The molecule has 0 saturated carbocycles. The lowest BCUT2D eigenvalue weighted by atomic mass is 10.0. The molecule has 4 rings (SSSR count). The van der Waals surface area contributed by atoms with E-state index in [9.17, 15) is 23.7 Å². The highest BCUT2D eigenvalue weighted by molar-refractivity contribution is 7.92. The first-order valence-electron chi connectivity index (χ1n) is 11.6. The van der Waals surface area contributed by atoms with Gasteiger partial charge in [0.05, 0.1) is 24.3 Å². The van der Waals surface area contributed by atoms with Crippen LogP contribution in [0.5, 0.6) is 5.75 Å². The summed E-state index contributed by atoms with van der Waals surface area (Å²) >= 11 is 5.85. The minimum absolute atomic E-state index is 0.0599. The Hall–Kier alpha value is -3.09. The van der Waals surface area contributed by atoms with E-state index in [2.05, 4.69) is 15.0 Å². The van der Waals surface area contributed by atoms with Crippen molar-refractivity contribution in [3.05, 3.63) is 71.1 Å². The quantitative estimate of drug-likeness (QED) is 0.408. The van der Waals surface area contributed by atoms with Crippen LogP contribution in [0.2, 0.25) is 5.02 Å². The van der Waals surface area contributed by atoms with Gasteiger partial charge in [-0.25, -0.2) is 18.4 Å². The highest BCUT2D eigenvalue weighted by atomic mass is 35.5. The zero-order valence-electron chi connectivity index (χ0n) is 20.3. The summed E-state index contributed by atoms with van der Waals surface area (Å²) in [7, 11) is -3.98. The molecule has 1 aliphatic heterocycles. The molecule has 2 aromatic heterocycles. The van der Waals surface area contributed by atoms with Crippen LogP contribution >= 0.6 is 11.6 Å². The largest absolute Gasteiger partial charge is 0.507 e. The Balaban J connectivity index is 1.63. The molecule has 4 unspecified atom stereocenters. The summed E-state index contributed by atoms with van der Waals surface area (Å²) in [6.07, 6.45) is 5.96. The summed E-state index contributed by atoms with van der Waals surface area (Å²) in [4.78, 5) is 14.6. The van der Waals surface area contributed by atoms with Gasteiger partial charge in [0.15, 0.2) is 0 Å². The Kier molecular flexibility index (Phi) is 8.10. The van der Waals surface area contributed by atoms with Crippen LogP contribution in [0.15, 0.2) is 60.5 Å². The summed E-state index contributed by atoms with van der Waals surface area (Å²) in [5.41, 5.74) is 1.94.